The Bertz CT molecular complexity index is 118. The first-order valence-corrected chi connectivity index (χ1v) is 2.71. The molecule has 2 heteroatoms. The van der Waals surface area contributed by atoms with Gasteiger partial charge in [0.1, 0.15) is 0 Å². The zero-order valence-electron chi connectivity index (χ0n) is 4.61. The Morgan fingerprint density at radius 1 is 1.75 bits per heavy atom. The number of nitrogens with one attached hydrogen (secondary N) is 1. The fourth-order valence-corrected chi connectivity index (χ4v) is 0.721. The third-order valence-electron chi connectivity index (χ3n) is 1.16. The van der Waals surface area contributed by atoms with Crippen molar-refractivity contribution < 1.29 is 4.79 Å². The molecule has 2 nitrogen and oxygen atoms in total. The SMILES string of the molecule is O=[C]C1=CCCNC1. The van der Waals surface area contributed by atoms with E-state index >= 15 is 0 Å². The first-order chi connectivity index (χ1) is 3.93. The second kappa shape index (κ2) is 2.62. The van der Waals surface area contributed by atoms with Crippen molar-refractivity contribution in [3.63, 3.8) is 0 Å². The fraction of sp³-hybridized carbons (Fsp3) is 0.500. The van der Waals surface area contributed by atoms with Crippen molar-refractivity contribution in [3.8, 4) is 0 Å². The summed E-state index contributed by atoms with van der Waals surface area (Å²) < 4.78 is 0. The second-order valence-electron chi connectivity index (χ2n) is 1.80. The minimum atomic E-state index is 0.698. The lowest BCUT2D eigenvalue weighted by Crippen LogP contribution is -2.22. The highest BCUT2D eigenvalue weighted by Gasteiger charge is 1.99. The van der Waals surface area contributed by atoms with Crippen LogP contribution in [0.4, 0.5) is 0 Å². The van der Waals surface area contributed by atoms with E-state index in [1.165, 1.54) is 0 Å². The van der Waals surface area contributed by atoms with Gasteiger partial charge in [-0.05, 0) is 13.0 Å². The first kappa shape index (κ1) is 5.51. The van der Waals surface area contributed by atoms with E-state index in [4.69, 9.17) is 0 Å². The summed E-state index contributed by atoms with van der Waals surface area (Å²) in [5.74, 6) is 0. The van der Waals surface area contributed by atoms with Gasteiger partial charge in [0, 0.05) is 12.1 Å². The number of hydrogen-bond donors (Lipinski definition) is 1. The maximum Gasteiger partial charge on any atom is 0.230 e. The van der Waals surface area contributed by atoms with Crippen molar-refractivity contribution in [3.05, 3.63) is 11.6 Å². The van der Waals surface area contributed by atoms with E-state index in [9.17, 15) is 4.79 Å². The summed E-state index contributed by atoms with van der Waals surface area (Å²) in [5.41, 5.74) is 0.760. The van der Waals surface area contributed by atoms with Crippen LogP contribution < -0.4 is 5.32 Å². The molecule has 0 atom stereocenters. The van der Waals surface area contributed by atoms with Gasteiger partial charge in [-0.2, -0.15) is 0 Å². The van der Waals surface area contributed by atoms with E-state index in [2.05, 4.69) is 5.32 Å². The minimum Gasteiger partial charge on any atom is -0.312 e. The van der Waals surface area contributed by atoms with E-state index in [-0.39, 0.29) is 0 Å². The number of rotatable bonds is 1. The molecule has 0 aromatic rings. The van der Waals surface area contributed by atoms with Gasteiger partial charge in [-0.3, -0.25) is 4.79 Å². The molecule has 0 aromatic carbocycles. The standard InChI is InChI=1S/C6H8NO/c8-5-6-2-1-3-7-4-6/h2,7H,1,3-4H2. The molecule has 0 unspecified atom stereocenters. The number of hydrogen-bond acceptors (Lipinski definition) is 2. The van der Waals surface area contributed by atoms with Crippen LogP contribution in [0.15, 0.2) is 11.6 Å². The fourth-order valence-electron chi connectivity index (χ4n) is 0.721. The third kappa shape index (κ3) is 1.17. The first-order valence-electron chi connectivity index (χ1n) is 2.71. The normalized spacial score (nSPS) is 19.8. The Morgan fingerprint density at radius 2 is 2.62 bits per heavy atom. The molecule has 0 saturated heterocycles. The predicted octanol–water partition coefficient (Wildman–Crippen LogP) is 0.0158. The molecule has 0 saturated carbocycles. The van der Waals surface area contributed by atoms with Crippen LogP contribution in [0.2, 0.25) is 0 Å². The van der Waals surface area contributed by atoms with Crippen molar-refractivity contribution >= 4 is 6.29 Å². The topological polar surface area (TPSA) is 29.1 Å². The summed E-state index contributed by atoms with van der Waals surface area (Å²) in [6.45, 7) is 1.69. The summed E-state index contributed by atoms with van der Waals surface area (Å²) in [7, 11) is 0. The van der Waals surface area contributed by atoms with Gasteiger partial charge in [0.15, 0.2) is 0 Å². The maximum absolute atomic E-state index is 9.93. The predicted molar refractivity (Wildman–Crippen MR) is 31.3 cm³/mol. The van der Waals surface area contributed by atoms with Crippen molar-refractivity contribution in [1.82, 2.24) is 5.32 Å². The summed E-state index contributed by atoms with van der Waals surface area (Å²) in [5, 5.41) is 3.05. The molecule has 1 rings (SSSR count). The summed E-state index contributed by atoms with van der Waals surface area (Å²) in [6.07, 6.45) is 4.74. The third-order valence-corrected chi connectivity index (χ3v) is 1.16. The molecule has 1 heterocycles. The molecule has 1 N–H and O–H groups in total. The van der Waals surface area contributed by atoms with Crippen molar-refractivity contribution in [1.29, 1.82) is 0 Å². The Hall–Kier alpha value is -0.630. The van der Waals surface area contributed by atoms with Gasteiger partial charge < -0.3 is 5.32 Å². The molecular weight excluding hydrogens is 102 g/mol. The molecule has 1 radical (unpaired) electrons. The Labute approximate surface area is 48.6 Å². The van der Waals surface area contributed by atoms with Gasteiger partial charge in [-0.1, -0.05) is 6.08 Å². The van der Waals surface area contributed by atoms with E-state index in [0.717, 1.165) is 18.5 Å². The van der Waals surface area contributed by atoms with Crippen molar-refractivity contribution in [2.45, 2.75) is 6.42 Å². The van der Waals surface area contributed by atoms with E-state index in [0.29, 0.717) is 6.54 Å². The summed E-state index contributed by atoms with van der Waals surface area (Å²) in [4.78, 5) is 9.93. The molecule has 1 aliphatic rings. The van der Waals surface area contributed by atoms with Crippen LogP contribution in [0.25, 0.3) is 0 Å². The van der Waals surface area contributed by atoms with Crippen LogP contribution >= 0.6 is 0 Å². The zero-order chi connectivity index (χ0) is 5.82. The molecule has 43 valence electrons. The van der Waals surface area contributed by atoms with Gasteiger partial charge in [-0.15, -0.1) is 0 Å². The van der Waals surface area contributed by atoms with Crippen LogP contribution in [0.1, 0.15) is 6.42 Å². The Kier molecular flexibility index (Phi) is 1.80. The maximum atomic E-state index is 9.93. The van der Waals surface area contributed by atoms with Crippen LogP contribution in [0.3, 0.4) is 0 Å². The highest BCUT2D eigenvalue weighted by molar-refractivity contribution is 5.74. The molecule has 8 heavy (non-hydrogen) atoms. The van der Waals surface area contributed by atoms with Gasteiger partial charge in [0.05, 0.1) is 0 Å². The number of carbonyl (C=O) groups excluding carboxylic acids is 1. The molecule has 0 bridgehead atoms. The quantitative estimate of drug-likeness (QED) is 0.515. The van der Waals surface area contributed by atoms with Crippen molar-refractivity contribution in [2.24, 2.45) is 0 Å². The van der Waals surface area contributed by atoms with Crippen LogP contribution in [-0.4, -0.2) is 19.4 Å². The zero-order valence-corrected chi connectivity index (χ0v) is 4.61. The van der Waals surface area contributed by atoms with Crippen LogP contribution in [0, 0.1) is 0 Å². The lowest BCUT2D eigenvalue weighted by Gasteiger charge is -2.06. The van der Waals surface area contributed by atoms with Gasteiger partial charge in [-0.25, -0.2) is 0 Å². The lowest BCUT2D eigenvalue weighted by molar-refractivity contribution is 0.557. The molecule has 0 amide bonds. The van der Waals surface area contributed by atoms with Crippen LogP contribution in [-0.2, 0) is 4.79 Å². The highest BCUT2D eigenvalue weighted by atomic mass is 16.1. The monoisotopic (exact) mass is 110 g/mol. The van der Waals surface area contributed by atoms with Gasteiger partial charge in [0.2, 0.25) is 6.29 Å². The molecule has 0 spiro atoms. The minimum absolute atomic E-state index is 0.698. The molecular formula is C6H8NO. The summed E-state index contributed by atoms with van der Waals surface area (Å²) in [6, 6.07) is 0. The van der Waals surface area contributed by atoms with E-state index in [1.54, 1.807) is 0 Å². The molecule has 0 aromatic heterocycles. The second-order valence-corrected chi connectivity index (χ2v) is 1.80. The largest absolute Gasteiger partial charge is 0.312 e. The summed E-state index contributed by atoms with van der Waals surface area (Å²) >= 11 is 0. The lowest BCUT2D eigenvalue weighted by atomic mass is 10.2. The smallest absolute Gasteiger partial charge is 0.230 e. The van der Waals surface area contributed by atoms with E-state index < -0.39 is 0 Å². The molecule has 0 aliphatic carbocycles. The highest BCUT2D eigenvalue weighted by Crippen LogP contribution is 1.95. The average molecular weight is 110 g/mol. The molecule has 0 fully saturated rings. The average Bonchev–Trinajstić information content (AvgIpc) is 1.90. The molecule has 1 aliphatic heterocycles. The van der Waals surface area contributed by atoms with Gasteiger partial charge >= 0.3 is 0 Å². The Morgan fingerprint density at radius 3 is 3.00 bits per heavy atom. The van der Waals surface area contributed by atoms with E-state index in [1.807, 2.05) is 12.4 Å². The van der Waals surface area contributed by atoms with Crippen molar-refractivity contribution in [2.75, 3.05) is 13.1 Å². The Balaban J connectivity index is 2.49. The van der Waals surface area contributed by atoms with Crippen LogP contribution in [0.5, 0.6) is 0 Å². The van der Waals surface area contributed by atoms with Gasteiger partial charge in [0.25, 0.3) is 0 Å².